The molecule has 0 fully saturated rings. The van der Waals surface area contributed by atoms with Crippen molar-refractivity contribution in [3.8, 4) is 0 Å². The van der Waals surface area contributed by atoms with Crippen molar-refractivity contribution in [1.82, 2.24) is 0 Å². The summed E-state index contributed by atoms with van der Waals surface area (Å²) in [4.78, 5) is 15.2. The number of hydrogen-bond acceptors (Lipinski definition) is 2. The van der Waals surface area contributed by atoms with Crippen LogP contribution in [-0.2, 0) is 16.0 Å². The first-order valence-corrected chi connectivity index (χ1v) is 5.64. The van der Waals surface area contributed by atoms with Crippen LogP contribution < -0.4 is 0 Å². The summed E-state index contributed by atoms with van der Waals surface area (Å²) in [5.74, 6) is -0.222. The minimum atomic E-state index is -0.600. The molecule has 0 N–H and O–H groups in total. The Morgan fingerprint density at radius 2 is 2.06 bits per heavy atom. The third-order valence-corrected chi connectivity index (χ3v) is 2.57. The number of para-hydroxylation sites is 1. The van der Waals surface area contributed by atoms with E-state index in [1.165, 1.54) is 0 Å². The van der Waals surface area contributed by atoms with Gasteiger partial charge in [0.05, 0.1) is 18.6 Å². The molecule has 3 nitrogen and oxygen atoms in total. The molecule has 0 aliphatic heterocycles. The molecule has 0 atom stereocenters. The van der Waals surface area contributed by atoms with Crippen LogP contribution in [0.25, 0.3) is 4.85 Å². The van der Waals surface area contributed by atoms with Crippen LogP contribution in [0.2, 0.25) is 0 Å². The second kappa shape index (κ2) is 5.49. The Morgan fingerprint density at radius 3 is 2.65 bits per heavy atom. The Hall–Kier alpha value is -1.82. The van der Waals surface area contributed by atoms with Gasteiger partial charge in [0.1, 0.15) is 0 Å². The van der Waals surface area contributed by atoms with Crippen LogP contribution >= 0.6 is 0 Å². The molecule has 17 heavy (non-hydrogen) atoms. The van der Waals surface area contributed by atoms with Gasteiger partial charge in [-0.3, -0.25) is 4.79 Å². The van der Waals surface area contributed by atoms with E-state index >= 15 is 0 Å². The maximum atomic E-state index is 11.8. The topological polar surface area (TPSA) is 30.7 Å². The first-order chi connectivity index (χ1) is 8.01. The highest BCUT2D eigenvalue weighted by molar-refractivity contribution is 5.76. The van der Waals surface area contributed by atoms with Gasteiger partial charge in [0.2, 0.25) is 0 Å². The fourth-order valence-electron chi connectivity index (χ4n) is 1.64. The molecule has 1 aromatic carbocycles. The van der Waals surface area contributed by atoms with E-state index in [9.17, 15) is 4.79 Å². The Bertz CT molecular complexity index is 444. The molecule has 0 saturated carbocycles. The lowest BCUT2D eigenvalue weighted by Crippen LogP contribution is -2.29. The quantitative estimate of drug-likeness (QED) is 0.587. The van der Waals surface area contributed by atoms with E-state index < -0.39 is 5.41 Å². The zero-order valence-corrected chi connectivity index (χ0v) is 10.5. The minimum Gasteiger partial charge on any atom is -0.466 e. The Morgan fingerprint density at radius 1 is 1.41 bits per heavy atom. The number of hydrogen-bond donors (Lipinski definition) is 0. The number of esters is 1. The zero-order valence-electron chi connectivity index (χ0n) is 10.5. The molecule has 0 aliphatic rings. The Balaban J connectivity index is 2.90. The SMILES string of the molecule is [C-]#[N+]c1ccccc1CC(C)(C)C(=O)OCC. The van der Waals surface area contributed by atoms with Gasteiger partial charge in [-0.05, 0) is 32.8 Å². The molecule has 0 heterocycles. The zero-order chi connectivity index (χ0) is 12.9. The third kappa shape index (κ3) is 3.32. The number of carbonyl (C=O) groups excluding carboxylic acids is 1. The van der Waals surface area contributed by atoms with Crippen molar-refractivity contribution >= 4 is 11.7 Å². The highest BCUT2D eigenvalue weighted by Crippen LogP contribution is 2.29. The fraction of sp³-hybridized carbons (Fsp3) is 0.429. The van der Waals surface area contributed by atoms with Gasteiger partial charge in [-0.1, -0.05) is 24.3 Å². The van der Waals surface area contributed by atoms with Crippen molar-refractivity contribution in [3.63, 3.8) is 0 Å². The second-order valence-corrected chi connectivity index (χ2v) is 4.52. The lowest BCUT2D eigenvalue weighted by Gasteiger charge is -2.22. The van der Waals surface area contributed by atoms with Gasteiger partial charge in [-0.2, -0.15) is 0 Å². The van der Waals surface area contributed by atoms with E-state index in [1.807, 2.05) is 32.0 Å². The van der Waals surface area contributed by atoms with E-state index in [4.69, 9.17) is 11.3 Å². The van der Waals surface area contributed by atoms with Crippen molar-refractivity contribution in [2.24, 2.45) is 5.41 Å². The van der Waals surface area contributed by atoms with Crippen molar-refractivity contribution < 1.29 is 9.53 Å². The molecule has 0 amide bonds. The predicted molar refractivity (Wildman–Crippen MR) is 66.8 cm³/mol. The molecular formula is C14H17NO2. The summed E-state index contributed by atoms with van der Waals surface area (Å²) in [5, 5.41) is 0. The Kier molecular flexibility index (Phi) is 4.28. The van der Waals surface area contributed by atoms with Gasteiger partial charge < -0.3 is 4.74 Å². The number of ether oxygens (including phenoxy) is 1. The van der Waals surface area contributed by atoms with Crippen molar-refractivity contribution in [1.29, 1.82) is 0 Å². The fourth-order valence-corrected chi connectivity index (χ4v) is 1.64. The monoisotopic (exact) mass is 231 g/mol. The van der Waals surface area contributed by atoms with Gasteiger partial charge in [0.25, 0.3) is 0 Å². The highest BCUT2D eigenvalue weighted by Gasteiger charge is 2.29. The standard InChI is InChI=1S/C14H17NO2/c1-5-17-13(16)14(2,3)10-11-8-6-7-9-12(11)15-4/h6-9H,5,10H2,1-3H3. The lowest BCUT2D eigenvalue weighted by atomic mass is 9.85. The average Bonchev–Trinajstić information content (AvgIpc) is 2.29. The van der Waals surface area contributed by atoms with E-state index in [1.54, 1.807) is 13.0 Å². The van der Waals surface area contributed by atoms with Crippen molar-refractivity contribution in [2.45, 2.75) is 27.2 Å². The van der Waals surface area contributed by atoms with Gasteiger partial charge in [-0.15, -0.1) is 0 Å². The summed E-state index contributed by atoms with van der Waals surface area (Å²) in [6.07, 6.45) is 0.518. The van der Waals surface area contributed by atoms with Gasteiger partial charge in [-0.25, -0.2) is 4.85 Å². The summed E-state index contributed by atoms with van der Waals surface area (Å²) in [5.41, 5.74) is 0.891. The van der Waals surface area contributed by atoms with Crippen molar-refractivity contribution in [3.05, 3.63) is 41.2 Å². The number of rotatable bonds is 4. The summed E-state index contributed by atoms with van der Waals surface area (Å²) in [7, 11) is 0. The molecule has 3 heteroatoms. The molecule has 0 bridgehead atoms. The molecule has 0 radical (unpaired) electrons. The summed E-state index contributed by atoms with van der Waals surface area (Å²) in [6.45, 7) is 12.9. The van der Waals surface area contributed by atoms with Crippen LogP contribution in [0, 0.1) is 12.0 Å². The van der Waals surface area contributed by atoms with E-state index in [-0.39, 0.29) is 5.97 Å². The smallest absolute Gasteiger partial charge is 0.311 e. The molecule has 0 spiro atoms. The van der Waals surface area contributed by atoms with Crippen LogP contribution in [0.3, 0.4) is 0 Å². The summed E-state index contributed by atoms with van der Waals surface area (Å²) in [6, 6.07) is 7.36. The molecule has 90 valence electrons. The molecule has 0 unspecified atom stereocenters. The van der Waals surface area contributed by atoms with Gasteiger partial charge in [0.15, 0.2) is 5.69 Å². The maximum Gasteiger partial charge on any atom is 0.311 e. The maximum absolute atomic E-state index is 11.8. The predicted octanol–water partition coefficient (Wildman–Crippen LogP) is 3.37. The molecule has 0 aromatic heterocycles. The number of nitrogens with zero attached hydrogens (tertiary/aromatic N) is 1. The molecule has 1 rings (SSSR count). The normalized spacial score (nSPS) is 10.7. The van der Waals surface area contributed by atoms with Crippen LogP contribution in [0.4, 0.5) is 5.69 Å². The first kappa shape index (κ1) is 13.2. The van der Waals surface area contributed by atoms with E-state index in [2.05, 4.69) is 4.85 Å². The Labute approximate surface area is 102 Å². The van der Waals surface area contributed by atoms with Crippen molar-refractivity contribution in [2.75, 3.05) is 6.61 Å². The second-order valence-electron chi connectivity index (χ2n) is 4.52. The largest absolute Gasteiger partial charge is 0.466 e. The summed E-state index contributed by atoms with van der Waals surface area (Å²) >= 11 is 0. The molecule has 0 aliphatic carbocycles. The molecule has 0 saturated heterocycles. The number of carbonyl (C=O) groups is 1. The lowest BCUT2D eigenvalue weighted by molar-refractivity contribution is -0.153. The molecule has 1 aromatic rings. The summed E-state index contributed by atoms with van der Waals surface area (Å²) < 4.78 is 5.04. The van der Waals surface area contributed by atoms with Crippen LogP contribution in [0.5, 0.6) is 0 Å². The third-order valence-electron chi connectivity index (χ3n) is 2.57. The number of benzene rings is 1. The minimum absolute atomic E-state index is 0.222. The van der Waals surface area contributed by atoms with Gasteiger partial charge in [0, 0.05) is 0 Å². The van der Waals surface area contributed by atoms with E-state index in [0.717, 1.165) is 5.56 Å². The van der Waals surface area contributed by atoms with Crippen LogP contribution in [0.15, 0.2) is 24.3 Å². The van der Waals surface area contributed by atoms with E-state index in [0.29, 0.717) is 18.7 Å². The average molecular weight is 231 g/mol. The molecular weight excluding hydrogens is 214 g/mol. The van der Waals surface area contributed by atoms with Crippen LogP contribution in [0.1, 0.15) is 26.3 Å². The highest BCUT2D eigenvalue weighted by atomic mass is 16.5. The first-order valence-electron chi connectivity index (χ1n) is 5.64. The van der Waals surface area contributed by atoms with Gasteiger partial charge >= 0.3 is 5.97 Å². The van der Waals surface area contributed by atoms with Crippen LogP contribution in [-0.4, -0.2) is 12.6 Å².